The van der Waals surface area contributed by atoms with Crippen molar-refractivity contribution in [2.45, 2.75) is 13.3 Å². The first-order valence-corrected chi connectivity index (χ1v) is 5.62. The highest BCUT2D eigenvalue weighted by Crippen LogP contribution is 2.24. The maximum atomic E-state index is 5.86. The van der Waals surface area contributed by atoms with Gasteiger partial charge < -0.3 is 0 Å². The summed E-state index contributed by atoms with van der Waals surface area (Å²) in [4.78, 5) is 4.33. The lowest BCUT2D eigenvalue weighted by Crippen LogP contribution is -1.88. The van der Waals surface area contributed by atoms with E-state index in [1.807, 2.05) is 12.1 Å². The van der Waals surface area contributed by atoms with Crippen molar-refractivity contribution in [1.29, 1.82) is 0 Å². The van der Waals surface area contributed by atoms with Crippen LogP contribution in [0.1, 0.15) is 12.5 Å². The molecule has 0 saturated heterocycles. The van der Waals surface area contributed by atoms with E-state index in [0.717, 1.165) is 21.8 Å². The molecule has 1 heterocycles. The number of aryl methyl sites for hydroxylation is 1. The Kier molecular flexibility index (Phi) is 2.75. The van der Waals surface area contributed by atoms with Gasteiger partial charge in [0.2, 0.25) is 0 Å². The van der Waals surface area contributed by atoms with Crippen molar-refractivity contribution in [1.82, 2.24) is 4.98 Å². The second-order valence-electron chi connectivity index (χ2n) is 3.12. The number of hydrogen-bond donors (Lipinski definition) is 0. The van der Waals surface area contributed by atoms with Gasteiger partial charge >= 0.3 is 0 Å². The van der Waals surface area contributed by atoms with Crippen LogP contribution in [0, 0.1) is 0 Å². The minimum absolute atomic E-state index is 0.550. The van der Waals surface area contributed by atoms with Crippen LogP contribution in [0.3, 0.4) is 0 Å². The van der Waals surface area contributed by atoms with Gasteiger partial charge in [0.1, 0.15) is 5.15 Å². The highest BCUT2D eigenvalue weighted by Gasteiger charge is 2.03. The zero-order chi connectivity index (χ0) is 10.1. The summed E-state index contributed by atoms with van der Waals surface area (Å²) in [6.07, 6.45) is 0.962. The Hall–Kier alpha value is -0.600. The molecule has 2 aromatic rings. The molecule has 3 heteroatoms. The van der Waals surface area contributed by atoms with Crippen LogP contribution in [0.15, 0.2) is 28.7 Å². The molecule has 72 valence electrons. The average molecular weight is 271 g/mol. The average Bonchev–Trinajstić information content (AvgIpc) is 2.17. The second kappa shape index (κ2) is 3.87. The van der Waals surface area contributed by atoms with Crippen LogP contribution in [0.4, 0.5) is 0 Å². The van der Waals surface area contributed by atoms with Gasteiger partial charge in [-0.2, -0.15) is 0 Å². The third-order valence-corrected chi connectivity index (χ3v) is 2.85. The van der Waals surface area contributed by atoms with Crippen molar-refractivity contribution in [2.24, 2.45) is 0 Å². The molecular formula is C11H9BrClN. The maximum absolute atomic E-state index is 5.86. The highest BCUT2D eigenvalue weighted by atomic mass is 79.9. The van der Waals surface area contributed by atoms with Crippen LogP contribution < -0.4 is 0 Å². The molecule has 0 aliphatic heterocycles. The number of hydrogen-bond acceptors (Lipinski definition) is 1. The molecule has 0 radical (unpaired) electrons. The van der Waals surface area contributed by atoms with Crippen molar-refractivity contribution < 1.29 is 0 Å². The fraction of sp³-hybridized carbons (Fsp3) is 0.182. The van der Waals surface area contributed by atoms with E-state index < -0.39 is 0 Å². The number of aromatic nitrogens is 1. The van der Waals surface area contributed by atoms with Crippen LogP contribution >= 0.6 is 27.5 Å². The largest absolute Gasteiger partial charge is 0.236 e. The van der Waals surface area contributed by atoms with Crippen molar-refractivity contribution in [3.05, 3.63) is 39.5 Å². The number of fused-ring (bicyclic) bond motifs is 1. The van der Waals surface area contributed by atoms with E-state index >= 15 is 0 Å². The van der Waals surface area contributed by atoms with Crippen LogP contribution in [0.5, 0.6) is 0 Å². The van der Waals surface area contributed by atoms with E-state index in [9.17, 15) is 0 Å². The molecule has 14 heavy (non-hydrogen) atoms. The molecule has 0 saturated carbocycles. The lowest BCUT2D eigenvalue weighted by Gasteiger charge is -2.04. The quantitative estimate of drug-likeness (QED) is 0.707. The fourth-order valence-corrected chi connectivity index (χ4v) is 2.18. The van der Waals surface area contributed by atoms with Gasteiger partial charge in [-0.05, 0) is 36.2 Å². The van der Waals surface area contributed by atoms with Gasteiger partial charge in [-0.1, -0.05) is 34.5 Å². The fourth-order valence-electron chi connectivity index (χ4n) is 1.51. The summed E-state index contributed by atoms with van der Waals surface area (Å²) in [5, 5.41) is 1.68. The Labute approximate surface area is 96.2 Å². The molecule has 0 aliphatic carbocycles. The third-order valence-electron chi connectivity index (χ3n) is 2.18. The Balaban J connectivity index is 2.81. The van der Waals surface area contributed by atoms with Crippen molar-refractivity contribution >= 4 is 38.4 Å². The lowest BCUT2D eigenvalue weighted by atomic mass is 10.1. The van der Waals surface area contributed by atoms with Gasteiger partial charge in [0.25, 0.3) is 0 Å². The third kappa shape index (κ3) is 1.77. The number of halogens is 2. The molecule has 1 aromatic carbocycles. The molecule has 0 unspecified atom stereocenters. The van der Waals surface area contributed by atoms with Crippen LogP contribution in [-0.2, 0) is 6.42 Å². The molecule has 0 fully saturated rings. The number of rotatable bonds is 1. The van der Waals surface area contributed by atoms with Gasteiger partial charge in [-0.15, -0.1) is 0 Å². The Bertz CT molecular complexity index is 482. The predicted molar refractivity (Wildman–Crippen MR) is 63.8 cm³/mol. The summed E-state index contributed by atoms with van der Waals surface area (Å²) >= 11 is 9.35. The van der Waals surface area contributed by atoms with E-state index in [0.29, 0.717) is 5.15 Å². The predicted octanol–water partition coefficient (Wildman–Crippen LogP) is 4.21. The van der Waals surface area contributed by atoms with Gasteiger partial charge in [-0.3, -0.25) is 0 Å². The molecule has 1 nitrogen and oxygen atoms in total. The first-order chi connectivity index (χ1) is 6.70. The molecule has 0 amide bonds. The molecule has 1 aromatic heterocycles. The summed E-state index contributed by atoms with van der Waals surface area (Å²) in [5.74, 6) is 0. The Morgan fingerprint density at radius 2 is 2.14 bits per heavy atom. The van der Waals surface area contributed by atoms with Crippen molar-refractivity contribution in [2.75, 3.05) is 0 Å². The van der Waals surface area contributed by atoms with Gasteiger partial charge in [-0.25, -0.2) is 4.98 Å². The van der Waals surface area contributed by atoms with Gasteiger partial charge in [0.15, 0.2) is 0 Å². The van der Waals surface area contributed by atoms with Gasteiger partial charge in [0, 0.05) is 9.86 Å². The molecule has 0 N–H and O–H groups in total. The first-order valence-electron chi connectivity index (χ1n) is 4.45. The second-order valence-corrected chi connectivity index (χ2v) is 4.43. The number of pyridine rings is 1. The van der Waals surface area contributed by atoms with Crippen molar-refractivity contribution in [3.63, 3.8) is 0 Å². The van der Waals surface area contributed by atoms with E-state index in [-0.39, 0.29) is 0 Å². The standard InChI is InChI=1S/C11H9BrClN/c1-2-7-5-9(12)6-8-3-4-10(13)14-11(7)8/h3-6H,2H2,1H3. The molecular weight excluding hydrogens is 261 g/mol. The molecule has 2 rings (SSSR count). The monoisotopic (exact) mass is 269 g/mol. The van der Waals surface area contributed by atoms with E-state index in [4.69, 9.17) is 11.6 Å². The van der Waals surface area contributed by atoms with Crippen LogP contribution in [-0.4, -0.2) is 4.98 Å². The topological polar surface area (TPSA) is 12.9 Å². The zero-order valence-corrected chi connectivity index (χ0v) is 10.1. The normalized spacial score (nSPS) is 10.8. The lowest BCUT2D eigenvalue weighted by molar-refractivity contribution is 1.14. The van der Waals surface area contributed by atoms with Crippen LogP contribution in [0.25, 0.3) is 10.9 Å². The minimum atomic E-state index is 0.550. The van der Waals surface area contributed by atoms with E-state index in [1.165, 1.54) is 5.56 Å². The summed E-state index contributed by atoms with van der Waals surface area (Å²) in [6, 6.07) is 7.95. The van der Waals surface area contributed by atoms with E-state index in [2.05, 4.69) is 40.0 Å². The molecule has 0 bridgehead atoms. The summed E-state index contributed by atoms with van der Waals surface area (Å²) < 4.78 is 1.09. The maximum Gasteiger partial charge on any atom is 0.129 e. The zero-order valence-electron chi connectivity index (χ0n) is 7.72. The minimum Gasteiger partial charge on any atom is -0.236 e. The molecule has 0 aliphatic rings. The molecule has 0 atom stereocenters. The number of nitrogens with zero attached hydrogens (tertiary/aromatic N) is 1. The highest BCUT2D eigenvalue weighted by molar-refractivity contribution is 9.10. The SMILES string of the molecule is CCc1cc(Br)cc2ccc(Cl)nc12. The summed E-state index contributed by atoms with van der Waals surface area (Å²) in [5.41, 5.74) is 2.22. The molecule has 0 spiro atoms. The summed E-state index contributed by atoms with van der Waals surface area (Å²) in [7, 11) is 0. The summed E-state index contributed by atoms with van der Waals surface area (Å²) in [6.45, 7) is 2.11. The van der Waals surface area contributed by atoms with Gasteiger partial charge in [0.05, 0.1) is 5.52 Å². The number of benzene rings is 1. The Morgan fingerprint density at radius 1 is 1.36 bits per heavy atom. The van der Waals surface area contributed by atoms with E-state index in [1.54, 1.807) is 0 Å². The van der Waals surface area contributed by atoms with Crippen LogP contribution in [0.2, 0.25) is 5.15 Å². The van der Waals surface area contributed by atoms with Crippen molar-refractivity contribution in [3.8, 4) is 0 Å². The Morgan fingerprint density at radius 3 is 2.86 bits per heavy atom. The first kappa shape index (κ1) is 9.94. The smallest absolute Gasteiger partial charge is 0.129 e.